The van der Waals surface area contributed by atoms with Crippen LogP contribution < -0.4 is 5.73 Å². The first-order chi connectivity index (χ1) is 8.15. The van der Waals surface area contributed by atoms with Gasteiger partial charge in [-0.15, -0.1) is 0 Å². The van der Waals surface area contributed by atoms with E-state index in [1.54, 1.807) is 0 Å². The Hall–Kier alpha value is -0.120. The van der Waals surface area contributed by atoms with E-state index < -0.39 is 0 Å². The predicted octanol–water partition coefficient (Wildman–Crippen LogP) is 1.86. The molecule has 2 N–H and O–H groups in total. The SMILES string of the molecule is CC1CCC(N)C(CN2CCCOC(C)C2)C1. The van der Waals surface area contributed by atoms with Crippen molar-refractivity contribution in [3.63, 3.8) is 0 Å². The van der Waals surface area contributed by atoms with Gasteiger partial charge in [-0.05, 0) is 44.4 Å². The Morgan fingerprint density at radius 1 is 1.29 bits per heavy atom. The van der Waals surface area contributed by atoms with Gasteiger partial charge in [-0.25, -0.2) is 0 Å². The summed E-state index contributed by atoms with van der Waals surface area (Å²) in [5, 5.41) is 0. The van der Waals surface area contributed by atoms with E-state index >= 15 is 0 Å². The fourth-order valence-electron chi connectivity index (χ4n) is 3.31. The van der Waals surface area contributed by atoms with Crippen LogP contribution in [0.4, 0.5) is 0 Å². The zero-order valence-electron chi connectivity index (χ0n) is 11.4. The highest BCUT2D eigenvalue weighted by molar-refractivity contribution is 4.84. The summed E-state index contributed by atoms with van der Waals surface area (Å²) in [6.07, 6.45) is 5.40. The van der Waals surface area contributed by atoms with Crippen molar-refractivity contribution in [2.24, 2.45) is 17.6 Å². The van der Waals surface area contributed by atoms with Gasteiger partial charge in [-0.2, -0.15) is 0 Å². The molecule has 1 heterocycles. The van der Waals surface area contributed by atoms with Crippen LogP contribution in [0, 0.1) is 11.8 Å². The molecule has 100 valence electrons. The molecule has 1 saturated heterocycles. The highest BCUT2D eigenvalue weighted by Crippen LogP contribution is 2.28. The quantitative estimate of drug-likeness (QED) is 0.800. The summed E-state index contributed by atoms with van der Waals surface area (Å²) in [5.41, 5.74) is 6.27. The molecular weight excluding hydrogens is 212 g/mol. The third kappa shape index (κ3) is 3.94. The molecular formula is C14H28N2O. The molecule has 3 nitrogen and oxygen atoms in total. The lowest BCUT2D eigenvalue weighted by Gasteiger charge is -2.36. The van der Waals surface area contributed by atoms with Crippen molar-refractivity contribution in [2.45, 2.75) is 51.7 Å². The predicted molar refractivity (Wildman–Crippen MR) is 71.0 cm³/mol. The number of hydrogen-bond donors (Lipinski definition) is 1. The van der Waals surface area contributed by atoms with Crippen molar-refractivity contribution in [2.75, 3.05) is 26.2 Å². The smallest absolute Gasteiger partial charge is 0.0673 e. The largest absolute Gasteiger partial charge is 0.377 e. The van der Waals surface area contributed by atoms with E-state index in [9.17, 15) is 0 Å². The number of hydrogen-bond acceptors (Lipinski definition) is 3. The lowest BCUT2D eigenvalue weighted by atomic mass is 9.79. The number of nitrogens with zero attached hydrogens (tertiary/aromatic N) is 1. The van der Waals surface area contributed by atoms with Gasteiger partial charge in [0.1, 0.15) is 0 Å². The molecule has 0 bridgehead atoms. The van der Waals surface area contributed by atoms with Crippen LogP contribution in [0.1, 0.15) is 39.5 Å². The molecule has 0 aromatic carbocycles. The standard InChI is InChI=1S/C14H28N2O/c1-11-4-5-14(15)13(8-11)10-16-6-3-7-17-12(2)9-16/h11-14H,3-10,15H2,1-2H3. The number of rotatable bonds is 2. The normalized spacial score (nSPS) is 41.1. The van der Waals surface area contributed by atoms with Crippen molar-refractivity contribution in [1.82, 2.24) is 4.90 Å². The first-order valence-corrected chi connectivity index (χ1v) is 7.24. The number of ether oxygens (including phenoxy) is 1. The maximum atomic E-state index is 6.27. The van der Waals surface area contributed by atoms with E-state index in [-0.39, 0.29) is 0 Å². The van der Waals surface area contributed by atoms with E-state index in [2.05, 4.69) is 18.7 Å². The monoisotopic (exact) mass is 240 g/mol. The van der Waals surface area contributed by atoms with Gasteiger partial charge in [0, 0.05) is 32.3 Å². The van der Waals surface area contributed by atoms with Gasteiger partial charge in [-0.3, -0.25) is 0 Å². The maximum Gasteiger partial charge on any atom is 0.0673 e. The van der Waals surface area contributed by atoms with Crippen molar-refractivity contribution >= 4 is 0 Å². The van der Waals surface area contributed by atoms with Crippen molar-refractivity contribution < 1.29 is 4.74 Å². The molecule has 2 fully saturated rings. The zero-order valence-corrected chi connectivity index (χ0v) is 11.4. The van der Waals surface area contributed by atoms with Crippen molar-refractivity contribution in [1.29, 1.82) is 0 Å². The summed E-state index contributed by atoms with van der Waals surface area (Å²) in [5.74, 6) is 1.56. The lowest BCUT2D eigenvalue weighted by molar-refractivity contribution is 0.0623. The third-order valence-corrected chi connectivity index (χ3v) is 4.33. The second kappa shape index (κ2) is 6.17. The second-order valence-electron chi connectivity index (χ2n) is 6.14. The molecule has 17 heavy (non-hydrogen) atoms. The summed E-state index contributed by atoms with van der Waals surface area (Å²) in [6, 6.07) is 0.422. The van der Waals surface area contributed by atoms with Gasteiger partial charge in [0.25, 0.3) is 0 Å². The first-order valence-electron chi connectivity index (χ1n) is 7.24. The molecule has 1 saturated carbocycles. The fraction of sp³-hybridized carbons (Fsp3) is 1.00. The minimum Gasteiger partial charge on any atom is -0.377 e. The molecule has 1 aliphatic heterocycles. The molecule has 0 radical (unpaired) electrons. The lowest BCUT2D eigenvalue weighted by Crippen LogP contribution is -2.44. The first kappa shape index (κ1) is 13.3. The van der Waals surface area contributed by atoms with Gasteiger partial charge in [0.2, 0.25) is 0 Å². The molecule has 4 unspecified atom stereocenters. The zero-order chi connectivity index (χ0) is 12.3. The molecule has 0 aromatic heterocycles. The Morgan fingerprint density at radius 2 is 2.12 bits per heavy atom. The second-order valence-corrected chi connectivity index (χ2v) is 6.14. The Balaban J connectivity index is 1.85. The maximum absolute atomic E-state index is 6.27. The summed E-state index contributed by atoms with van der Waals surface area (Å²) in [6.45, 7) is 8.92. The Bertz CT molecular complexity index is 234. The van der Waals surface area contributed by atoms with Gasteiger partial charge in [0.15, 0.2) is 0 Å². The van der Waals surface area contributed by atoms with Gasteiger partial charge in [0.05, 0.1) is 6.10 Å². The van der Waals surface area contributed by atoms with E-state index in [0.29, 0.717) is 18.1 Å². The molecule has 0 aromatic rings. The Labute approximate surface area is 106 Å². The van der Waals surface area contributed by atoms with Crippen LogP contribution in [0.2, 0.25) is 0 Å². The van der Waals surface area contributed by atoms with E-state index in [1.165, 1.54) is 38.8 Å². The van der Waals surface area contributed by atoms with Crippen LogP contribution in [-0.4, -0.2) is 43.3 Å². The van der Waals surface area contributed by atoms with Crippen LogP contribution >= 0.6 is 0 Å². The van der Waals surface area contributed by atoms with Crippen LogP contribution in [0.3, 0.4) is 0 Å². The molecule has 0 amide bonds. The fourth-order valence-corrected chi connectivity index (χ4v) is 3.31. The van der Waals surface area contributed by atoms with Crippen LogP contribution in [0.25, 0.3) is 0 Å². The Kier molecular flexibility index (Phi) is 4.83. The van der Waals surface area contributed by atoms with E-state index in [0.717, 1.165) is 19.1 Å². The molecule has 2 aliphatic rings. The van der Waals surface area contributed by atoms with E-state index in [1.807, 2.05) is 0 Å². The summed E-state index contributed by atoms with van der Waals surface area (Å²) >= 11 is 0. The summed E-state index contributed by atoms with van der Waals surface area (Å²) in [7, 11) is 0. The highest BCUT2D eigenvalue weighted by Gasteiger charge is 2.28. The highest BCUT2D eigenvalue weighted by atomic mass is 16.5. The summed E-state index contributed by atoms with van der Waals surface area (Å²) < 4.78 is 5.70. The topological polar surface area (TPSA) is 38.5 Å². The molecule has 2 rings (SSSR count). The Morgan fingerprint density at radius 3 is 2.94 bits per heavy atom. The third-order valence-electron chi connectivity index (χ3n) is 4.33. The molecule has 1 aliphatic carbocycles. The van der Waals surface area contributed by atoms with Crippen LogP contribution in [-0.2, 0) is 4.74 Å². The van der Waals surface area contributed by atoms with E-state index in [4.69, 9.17) is 10.5 Å². The summed E-state index contributed by atoms with van der Waals surface area (Å²) in [4.78, 5) is 2.57. The molecule has 0 spiro atoms. The van der Waals surface area contributed by atoms with Crippen LogP contribution in [0.5, 0.6) is 0 Å². The minimum atomic E-state index is 0.384. The van der Waals surface area contributed by atoms with Gasteiger partial charge >= 0.3 is 0 Å². The minimum absolute atomic E-state index is 0.384. The van der Waals surface area contributed by atoms with Crippen molar-refractivity contribution in [3.8, 4) is 0 Å². The van der Waals surface area contributed by atoms with Crippen LogP contribution in [0.15, 0.2) is 0 Å². The average Bonchev–Trinajstić information content (AvgIpc) is 2.48. The van der Waals surface area contributed by atoms with Gasteiger partial charge < -0.3 is 15.4 Å². The van der Waals surface area contributed by atoms with Gasteiger partial charge in [-0.1, -0.05) is 6.92 Å². The molecule has 4 atom stereocenters. The van der Waals surface area contributed by atoms with Crippen molar-refractivity contribution in [3.05, 3.63) is 0 Å². The number of nitrogens with two attached hydrogens (primary N) is 1. The molecule has 3 heteroatoms. The average molecular weight is 240 g/mol.